The number of hydrogen-bond donors (Lipinski definition) is 2. The number of benzene rings is 1. The first kappa shape index (κ1) is 25.7. The van der Waals surface area contributed by atoms with E-state index >= 15 is 0 Å². The highest BCUT2D eigenvalue weighted by atomic mass is 127. The van der Waals surface area contributed by atoms with E-state index in [-0.39, 0.29) is 35.8 Å². The molecule has 1 aliphatic rings. The van der Waals surface area contributed by atoms with E-state index in [0.29, 0.717) is 26.2 Å². The zero-order chi connectivity index (χ0) is 22.1. The standard InChI is InChI=1S/C23H32N6O2.HI/c1-25-23(28(2)14-15-31-20-10-4-3-5-11-20)27-16-18-8-6-12-26-22(18)29-13-7-9-19(17-29)21(24)30;/h3-6,8,10-12,19H,7,9,13-17H2,1-2H3,(H2,24,30)(H,25,27);1H. The van der Waals surface area contributed by atoms with Crippen molar-refractivity contribution in [3.05, 3.63) is 54.2 Å². The number of nitrogens with zero attached hydrogens (tertiary/aromatic N) is 4. The van der Waals surface area contributed by atoms with Crippen LogP contribution in [0.5, 0.6) is 5.75 Å². The number of piperidine rings is 1. The number of nitrogens with two attached hydrogens (primary N) is 1. The zero-order valence-corrected chi connectivity index (χ0v) is 21.1. The molecule has 0 saturated carbocycles. The highest BCUT2D eigenvalue weighted by Crippen LogP contribution is 2.24. The fourth-order valence-electron chi connectivity index (χ4n) is 3.74. The molecular formula is C23H33IN6O2. The number of amides is 1. The minimum atomic E-state index is -0.236. The Bertz CT molecular complexity index is 880. The number of halogens is 1. The highest BCUT2D eigenvalue weighted by molar-refractivity contribution is 14.0. The number of carbonyl (C=O) groups is 1. The van der Waals surface area contributed by atoms with Crippen LogP contribution in [-0.4, -0.2) is 62.1 Å². The van der Waals surface area contributed by atoms with Crippen LogP contribution in [0.2, 0.25) is 0 Å². The lowest BCUT2D eigenvalue weighted by Crippen LogP contribution is -2.43. The van der Waals surface area contributed by atoms with Crippen molar-refractivity contribution in [2.75, 3.05) is 45.2 Å². The number of hydrogen-bond acceptors (Lipinski definition) is 5. The van der Waals surface area contributed by atoms with Gasteiger partial charge < -0.3 is 25.6 Å². The van der Waals surface area contributed by atoms with Crippen molar-refractivity contribution in [2.24, 2.45) is 16.6 Å². The summed E-state index contributed by atoms with van der Waals surface area (Å²) in [4.78, 5) is 24.8. The average molecular weight is 552 g/mol. The first-order valence-corrected chi connectivity index (χ1v) is 10.7. The molecule has 1 aromatic heterocycles. The van der Waals surface area contributed by atoms with E-state index < -0.39 is 0 Å². The molecule has 0 aliphatic carbocycles. The molecule has 0 spiro atoms. The molecule has 3 N–H and O–H groups in total. The summed E-state index contributed by atoms with van der Waals surface area (Å²) in [6, 6.07) is 13.7. The number of aliphatic imine (C=N–C) groups is 1. The molecule has 9 heteroatoms. The smallest absolute Gasteiger partial charge is 0.222 e. The van der Waals surface area contributed by atoms with Crippen LogP contribution in [0.4, 0.5) is 5.82 Å². The Labute approximate surface area is 207 Å². The Morgan fingerprint density at radius 1 is 1.31 bits per heavy atom. The molecule has 1 saturated heterocycles. The van der Waals surface area contributed by atoms with Crippen LogP contribution in [0.25, 0.3) is 0 Å². The summed E-state index contributed by atoms with van der Waals surface area (Å²) in [5, 5.41) is 3.41. The van der Waals surface area contributed by atoms with Crippen molar-refractivity contribution in [1.82, 2.24) is 15.2 Å². The molecule has 3 rings (SSSR count). The molecule has 2 aromatic rings. The number of rotatable bonds is 8. The molecule has 1 aliphatic heterocycles. The molecule has 1 aromatic carbocycles. The summed E-state index contributed by atoms with van der Waals surface area (Å²) in [7, 11) is 3.75. The lowest BCUT2D eigenvalue weighted by Gasteiger charge is -2.33. The second-order valence-electron chi connectivity index (χ2n) is 7.66. The van der Waals surface area contributed by atoms with Gasteiger partial charge in [0.1, 0.15) is 18.2 Å². The maximum absolute atomic E-state index is 11.7. The van der Waals surface area contributed by atoms with Crippen LogP contribution >= 0.6 is 24.0 Å². The predicted octanol–water partition coefficient (Wildman–Crippen LogP) is 2.49. The quantitative estimate of drug-likeness (QED) is 0.297. The molecule has 0 bridgehead atoms. The van der Waals surface area contributed by atoms with Gasteiger partial charge in [0.15, 0.2) is 5.96 Å². The van der Waals surface area contributed by atoms with E-state index in [1.54, 1.807) is 13.2 Å². The summed E-state index contributed by atoms with van der Waals surface area (Å²) >= 11 is 0. The van der Waals surface area contributed by atoms with Crippen molar-refractivity contribution in [3.63, 3.8) is 0 Å². The fourth-order valence-corrected chi connectivity index (χ4v) is 3.74. The number of guanidine groups is 1. The van der Waals surface area contributed by atoms with E-state index in [0.717, 1.165) is 42.5 Å². The SMILES string of the molecule is CN=C(NCc1cccnc1N1CCCC(C(N)=O)C1)N(C)CCOc1ccccc1.I. The summed E-state index contributed by atoms with van der Waals surface area (Å²) in [6.07, 6.45) is 3.56. The van der Waals surface area contributed by atoms with Crippen LogP contribution in [0.1, 0.15) is 18.4 Å². The normalized spacial score (nSPS) is 16.1. The average Bonchev–Trinajstić information content (AvgIpc) is 2.80. The Morgan fingerprint density at radius 2 is 2.09 bits per heavy atom. The Balaban J connectivity index is 0.00000363. The van der Waals surface area contributed by atoms with Crippen LogP contribution in [0.15, 0.2) is 53.7 Å². The third-order valence-electron chi connectivity index (χ3n) is 5.44. The third-order valence-corrected chi connectivity index (χ3v) is 5.44. The van der Waals surface area contributed by atoms with Crippen LogP contribution in [0.3, 0.4) is 0 Å². The van der Waals surface area contributed by atoms with Gasteiger partial charge in [0.25, 0.3) is 0 Å². The second-order valence-corrected chi connectivity index (χ2v) is 7.66. The summed E-state index contributed by atoms with van der Waals surface area (Å²) < 4.78 is 5.78. The van der Waals surface area contributed by atoms with Gasteiger partial charge in [-0.1, -0.05) is 24.3 Å². The maximum atomic E-state index is 11.7. The molecule has 8 nitrogen and oxygen atoms in total. The number of pyridine rings is 1. The third kappa shape index (κ3) is 7.25. The van der Waals surface area contributed by atoms with Crippen LogP contribution in [-0.2, 0) is 11.3 Å². The zero-order valence-electron chi connectivity index (χ0n) is 18.7. The first-order chi connectivity index (χ1) is 15.1. The number of nitrogens with one attached hydrogen (secondary N) is 1. The number of ether oxygens (including phenoxy) is 1. The van der Waals surface area contributed by atoms with E-state index in [2.05, 4.69) is 26.3 Å². The highest BCUT2D eigenvalue weighted by Gasteiger charge is 2.26. The maximum Gasteiger partial charge on any atom is 0.222 e. The molecule has 1 amide bonds. The topological polar surface area (TPSA) is 96.1 Å². The summed E-state index contributed by atoms with van der Waals surface area (Å²) in [5.74, 6) is 2.17. The summed E-state index contributed by atoms with van der Waals surface area (Å²) in [6.45, 7) is 3.32. The minimum Gasteiger partial charge on any atom is -0.492 e. The van der Waals surface area contributed by atoms with E-state index in [1.807, 2.05) is 48.3 Å². The van der Waals surface area contributed by atoms with E-state index in [9.17, 15) is 4.79 Å². The van der Waals surface area contributed by atoms with Gasteiger partial charge in [-0.3, -0.25) is 9.79 Å². The molecule has 174 valence electrons. The number of anilines is 1. The van der Waals surface area contributed by atoms with Crippen molar-refractivity contribution in [2.45, 2.75) is 19.4 Å². The van der Waals surface area contributed by atoms with Gasteiger partial charge in [-0.05, 0) is 31.0 Å². The molecule has 0 radical (unpaired) electrons. The molecule has 2 heterocycles. The fraction of sp³-hybridized carbons (Fsp3) is 0.435. The Kier molecular flexibility index (Phi) is 10.5. The van der Waals surface area contributed by atoms with Gasteiger partial charge in [0.2, 0.25) is 5.91 Å². The van der Waals surface area contributed by atoms with Crippen LogP contribution < -0.4 is 20.7 Å². The van der Waals surface area contributed by atoms with Gasteiger partial charge in [0, 0.05) is 45.5 Å². The Morgan fingerprint density at radius 3 is 2.81 bits per heavy atom. The van der Waals surface area contributed by atoms with Gasteiger partial charge in [0.05, 0.1) is 12.5 Å². The largest absolute Gasteiger partial charge is 0.492 e. The van der Waals surface area contributed by atoms with Gasteiger partial charge in [-0.25, -0.2) is 4.98 Å². The molecule has 1 unspecified atom stereocenters. The van der Waals surface area contributed by atoms with Crippen LogP contribution in [0, 0.1) is 5.92 Å². The molecular weight excluding hydrogens is 519 g/mol. The lowest BCUT2D eigenvalue weighted by molar-refractivity contribution is -0.122. The van der Waals surface area contributed by atoms with Crippen molar-refractivity contribution in [1.29, 1.82) is 0 Å². The van der Waals surface area contributed by atoms with Crippen molar-refractivity contribution >= 4 is 41.7 Å². The number of carbonyl (C=O) groups excluding carboxylic acids is 1. The second kappa shape index (κ2) is 13.1. The predicted molar refractivity (Wildman–Crippen MR) is 139 cm³/mol. The number of aromatic nitrogens is 1. The van der Waals surface area contributed by atoms with Gasteiger partial charge >= 0.3 is 0 Å². The number of primary amides is 1. The van der Waals surface area contributed by atoms with Gasteiger partial charge in [-0.2, -0.15) is 0 Å². The summed E-state index contributed by atoms with van der Waals surface area (Å²) in [5.41, 5.74) is 6.60. The van der Waals surface area contributed by atoms with Crippen molar-refractivity contribution < 1.29 is 9.53 Å². The van der Waals surface area contributed by atoms with E-state index in [1.165, 1.54) is 0 Å². The van der Waals surface area contributed by atoms with Crippen molar-refractivity contribution in [3.8, 4) is 5.75 Å². The monoisotopic (exact) mass is 552 g/mol. The van der Waals surface area contributed by atoms with Gasteiger partial charge in [-0.15, -0.1) is 24.0 Å². The number of likely N-dealkylation sites (N-methyl/N-ethyl adjacent to an activating group) is 1. The van der Waals surface area contributed by atoms with E-state index in [4.69, 9.17) is 10.5 Å². The lowest BCUT2D eigenvalue weighted by atomic mass is 9.97. The minimum absolute atomic E-state index is 0. The molecule has 1 fully saturated rings. The number of para-hydroxylation sites is 1. The Hall–Kier alpha value is -2.56. The molecule has 1 atom stereocenters. The molecule has 32 heavy (non-hydrogen) atoms. The first-order valence-electron chi connectivity index (χ1n) is 10.7.